The molecule has 2 aromatic rings. The Morgan fingerprint density at radius 2 is 1.32 bits per heavy atom. The Morgan fingerprint density at radius 3 is 1.68 bits per heavy atom. The summed E-state index contributed by atoms with van der Waals surface area (Å²) in [7, 11) is 0. The first-order valence-electron chi connectivity index (χ1n) is 7.49. The van der Waals surface area contributed by atoms with Crippen LogP contribution in [-0.2, 0) is 0 Å². The summed E-state index contributed by atoms with van der Waals surface area (Å²) in [5.41, 5.74) is 2.39. The van der Waals surface area contributed by atoms with E-state index in [1.54, 1.807) is 0 Å². The van der Waals surface area contributed by atoms with Crippen LogP contribution in [0.5, 0.6) is 0 Å². The molecule has 0 aliphatic heterocycles. The summed E-state index contributed by atoms with van der Waals surface area (Å²) in [6.45, 7) is 8.13. The van der Waals surface area contributed by atoms with Crippen LogP contribution in [0.4, 0.5) is 0 Å². The summed E-state index contributed by atoms with van der Waals surface area (Å²) in [5.74, 6) is 3.14. The molecule has 0 spiro atoms. The molecule has 0 saturated heterocycles. The molecule has 1 saturated carbocycles. The van der Waals surface area contributed by atoms with Gasteiger partial charge in [-0.1, -0.05) is 26.0 Å². The lowest BCUT2D eigenvalue weighted by molar-refractivity contribution is 0.496. The minimum absolute atomic E-state index is 0.114. The Balaban J connectivity index is 1.72. The average molecular weight is 298 g/mol. The Labute approximate surface area is 128 Å². The summed E-state index contributed by atoms with van der Waals surface area (Å²) in [6, 6.07) is 0. The van der Waals surface area contributed by atoms with Crippen LogP contribution < -0.4 is 0 Å². The summed E-state index contributed by atoms with van der Waals surface area (Å²) < 4.78 is 11.3. The largest absolute Gasteiger partial charge is 0.421 e. The highest BCUT2D eigenvalue weighted by atomic mass is 16.4. The first-order valence-corrected chi connectivity index (χ1v) is 7.49. The van der Waals surface area contributed by atoms with Crippen LogP contribution in [0.3, 0.4) is 0 Å². The zero-order valence-corrected chi connectivity index (χ0v) is 13.1. The predicted octanol–water partition coefficient (Wildman–Crippen LogP) is 3.21. The molecule has 2 atom stereocenters. The molecule has 0 aromatic carbocycles. The van der Waals surface area contributed by atoms with Crippen LogP contribution in [0.15, 0.2) is 21.0 Å². The fourth-order valence-electron chi connectivity index (χ4n) is 3.63. The zero-order valence-electron chi connectivity index (χ0n) is 13.1. The fourth-order valence-corrected chi connectivity index (χ4v) is 3.63. The van der Waals surface area contributed by atoms with E-state index in [4.69, 9.17) is 8.83 Å². The third kappa shape index (κ3) is 1.86. The van der Waals surface area contributed by atoms with Crippen LogP contribution in [0.2, 0.25) is 0 Å². The van der Waals surface area contributed by atoms with Crippen molar-refractivity contribution in [1.82, 2.24) is 20.4 Å². The van der Waals surface area contributed by atoms with Gasteiger partial charge in [0.15, 0.2) is 0 Å². The average Bonchev–Trinajstić information content (AvgIpc) is 2.78. The second kappa shape index (κ2) is 4.38. The second-order valence-corrected chi connectivity index (χ2v) is 6.58. The Kier molecular flexibility index (Phi) is 2.67. The standard InChI is InChI=1S/C16H18N4O2/c1-8-17-19-14(21-8)10-6-5-7-11(13-12(10)16(13,3)4)15-20-18-9(2)22-15/h6-7,12-13H,5H2,1-4H3/t12-,13+. The molecule has 0 unspecified atom stereocenters. The number of aromatic nitrogens is 4. The normalized spacial score (nSPS) is 26.0. The van der Waals surface area contributed by atoms with Gasteiger partial charge < -0.3 is 8.83 Å². The lowest BCUT2D eigenvalue weighted by atomic mass is 10.00. The first-order chi connectivity index (χ1) is 10.5. The zero-order chi connectivity index (χ0) is 15.5. The number of nitrogens with zero attached hydrogens (tertiary/aromatic N) is 4. The summed E-state index contributed by atoms with van der Waals surface area (Å²) >= 11 is 0. The minimum atomic E-state index is 0.114. The lowest BCUT2D eigenvalue weighted by Crippen LogP contribution is -1.96. The highest BCUT2D eigenvalue weighted by Gasteiger charge is 2.62. The van der Waals surface area contributed by atoms with Crippen LogP contribution >= 0.6 is 0 Å². The van der Waals surface area contributed by atoms with E-state index in [2.05, 4.69) is 46.4 Å². The number of fused-ring (bicyclic) bond motifs is 1. The second-order valence-electron chi connectivity index (χ2n) is 6.58. The van der Waals surface area contributed by atoms with E-state index in [-0.39, 0.29) is 5.41 Å². The van der Waals surface area contributed by atoms with Crippen molar-refractivity contribution in [3.63, 3.8) is 0 Å². The molecule has 0 N–H and O–H groups in total. The number of allylic oxidation sites excluding steroid dienone is 4. The maximum atomic E-state index is 5.65. The number of aryl methyl sites for hydroxylation is 2. The predicted molar refractivity (Wildman–Crippen MR) is 79.4 cm³/mol. The van der Waals surface area contributed by atoms with E-state index in [1.165, 1.54) is 0 Å². The van der Waals surface area contributed by atoms with Crippen molar-refractivity contribution in [2.45, 2.75) is 34.1 Å². The van der Waals surface area contributed by atoms with Crippen molar-refractivity contribution in [3.05, 3.63) is 35.7 Å². The van der Waals surface area contributed by atoms with Crippen LogP contribution in [0, 0.1) is 31.1 Å². The molecule has 2 heterocycles. The van der Waals surface area contributed by atoms with Crippen LogP contribution in [-0.4, -0.2) is 20.4 Å². The molecule has 0 amide bonds. The van der Waals surface area contributed by atoms with Gasteiger partial charge in [-0.3, -0.25) is 0 Å². The van der Waals surface area contributed by atoms with E-state index < -0.39 is 0 Å². The Bertz CT molecular complexity index is 732. The molecular formula is C16H18N4O2. The maximum Gasteiger partial charge on any atom is 0.243 e. The molecule has 2 aliphatic rings. The Hall–Kier alpha value is -2.24. The van der Waals surface area contributed by atoms with Gasteiger partial charge in [0.1, 0.15) is 0 Å². The van der Waals surface area contributed by atoms with Gasteiger partial charge in [-0.25, -0.2) is 0 Å². The molecule has 2 aromatic heterocycles. The quantitative estimate of drug-likeness (QED) is 0.847. The lowest BCUT2D eigenvalue weighted by Gasteiger charge is -2.06. The monoisotopic (exact) mass is 298 g/mol. The third-order valence-corrected chi connectivity index (χ3v) is 4.72. The smallest absolute Gasteiger partial charge is 0.243 e. The van der Waals surface area contributed by atoms with Gasteiger partial charge in [0.05, 0.1) is 0 Å². The number of rotatable bonds is 2. The molecule has 1 fully saturated rings. The van der Waals surface area contributed by atoms with E-state index in [0.717, 1.165) is 17.6 Å². The summed E-state index contributed by atoms with van der Waals surface area (Å²) in [5, 5.41) is 16.3. The molecule has 22 heavy (non-hydrogen) atoms. The topological polar surface area (TPSA) is 77.8 Å². The van der Waals surface area contributed by atoms with E-state index in [9.17, 15) is 0 Å². The SMILES string of the molecule is Cc1nnc(C2=CCC=C(c3nnc(C)o3)[C@H]3[C@@H]2C3(C)C)o1. The number of hydrogen-bond acceptors (Lipinski definition) is 6. The molecule has 0 bridgehead atoms. The van der Waals surface area contributed by atoms with Gasteiger partial charge in [0, 0.05) is 36.8 Å². The summed E-state index contributed by atoms with van der Waals surface area (Å²) in [4.78, 5) is 0. The van der Waals surface area contributed by atoms with Gasteiger partial charge in [-0.15, -0.1) is 20.4 Å². The third-order valence-electron chi connectivity index (χ3n) is 4.72. The Morgan fingerprint density at radius 1 is 0.864 bits per heavy atom. The van der Waals surface area contributed by atoms with Gasteiger partial charge in [0.2, 0.25) is 23.6 Å². The van der Waals surface area contributed by atoms with Crippen molar-refractivity contribution < 1.29 is 8.83 Å². The van der Waals surface area contributed by atoms with Gasteiger partial charge in [-0.05, 0) is 11.8 Å². The molecule has 114 valence electrons. The highest BCUT2D eigenvalue weighted by molar-refractivity contribution is 5.77. The summed E-state index contributed by atoms with van der Waals surface area (Å²) in [6.07, 6.45) is 5.15. The first kappa shape index (κ1) is 13.4. The van der Waals surface area contributed by atoms with E-state index in [0.29, 0.717) is 35.4 Å². The molecule has 0 radical (unpaired) electrons. The molecular weight excluding hydrogens is 280 g/mol. The van der Waals surface area contributed by atoms with Gasteiger partial charge >= 0.3 is 0 Å². The van der Waals surface area contributed by atoms with E-state index in [1.807, 2.05) is 13.8 Å². The highest BCUT2D eigenvalue weighted by Crippen LogP contribution is 2.68. The van der Waals surface area contributed by atoms with Gasteiger partial charge in [0.25, 0.3) is 0 Å². The van der Waals surface area contributed by atoms with Crippen molar-refractivity contribution in [2.24, 2.45) is 17.3 Å². The van der Waals surface area contributed by atoms with Crippen molar-refractivity contribution >= 4 is 11.1 Å². The molecule has 6 heteroatoms. The van der Waals surface area contributed by atoms with Crippen molar-refractivity contribution in [3.8, 4) is 0 Å². The number of hydrogen-bond donors (Lipinski definition) is 0. The van der Waals surface area contributed by atoms with E-state index >= 15 is 0 Å². The van der Waals surface area contributed by atoms with Gasteiger partial charge in [-0.2, -0.15) is 0 Å². The molecule has 4 rings (SSSR count). The van der Waals surface area contributed by atoms with Crippen LogP contribution in [0.1, 0.15) is 43.8 Å². The van der Waals surface area contributed by atoms with Crippen molar-refractivity contribution in [2.75, 3.05) is 0 Å². The minimum Gasteiger partial charge on any atom is -0.421 e. The van der Waals surface area contributed by atoms with Crippen LogP contribution in [0.25, 0.3) is 11.1 Å². The van der Waals surface area contributed by atoms with Crippen molar-refractivity contribution in [1.29, 1.82) is 0 Å². The maximum absolute atomic E-state index is 5.65. The molecule has 2 aliphatic carbocycles. The molecule has 6 nitrogen and oxygen atoms in total. The fraction of sp³-hybridized carbons (Fsp3) is 0.500.